The number of hydrogen-bond acceptors (Lipinski definition) is 8. The van der Waals surface area contributed by atoms with Gasteiger partial charge in [0.25, 0.3) is 0 Å². The average Bonchev–Trinajstić information content (AvgIpc) is 3.91. The molecule has 10 rings (SSSR count). The second-order valence-electron chi connectivity index (χ2n) is 19.5. The van der Waals surface area contributed by atoms with Gasteiger partial charge in [0.1, 0.15) is 11.1 Å². The summed E-state index contributed by atoms with van der Waals surface area (Å²) in [6, 6.07) is 68.0. The highest BCUT2D eigenvalue weighted by atomic mass is 79.9. The molecule has 0 unspecified atom stereocenters. The Morgan fingerprint density at radius 2 is 0.863 bits per heavy atom. The molecule has 2 amide bonds. The van der Waals surface area contributed by atoms with E-state index in [2.05, 4.69) is 193 Å². The number of carbonyl (C=O) groups excluding carboxylic acids is 2. The van der Waals surface area contributed by atoms with Crippen LogP contribution in [0.4, 0.5) is 11.4 Å². The maximum atomic E-state index is 13.7. The number of anilines is 2. The fourth-order valence-electron chi connectivity index (χ4n) is 11.3. The lowest BCUT2D eigenvalue weighted by Gasteiger charge is -2.43. The van der Waals surface area contributed by atoms with Crippen LogP contribution in [0.5, 0.6) is 0 Å². The molecule has 0 atom stereocenters. The molecule has 0 aliphatic carbocycles. The van der Waals surface area contributed by atoms with E-state index in [4.69, 9.17) is 10.5 Å². The third-order valence-corrected chi connectivity index (χ3v) is 15.7. The lowest BCUT2D eigenvalue weighted by Crippen LogP contribution is -2.56. The molecule has 4 heterocycles. The van der Waals surface area contributed by atoms with Gasteiger partial charge >= 0.3 is 0 Å². The summed E-state index contributed by atoms with van der Waals surface area (Å²) < 4.78 is 0. The predicted molar refractivity (Wildman–Crippen MR) is 297 cm³/mol. The van der Waals surface area contributed by atoms with Crippen molar-refractivity contribution < 1.29 is 9.59 Å². The number of alkyl halides is 1. The van der Waals surface area contributed by atoms with Crippen molar-refractivity contribution in [2.24, 2.45) is 0 Å². The first-order valence-electron chi connectivity index (χ1n) is 26.1. The number of para-hydroxylation sites is 2. The Kier molecular flexibility index (Phi) is 18.9. The molecule has 10 nitrogen and oxygen atoms in total. The second-order valence-corrected chi connectivity index (χ2v) is 20.3. The molecule has 0 saturated carbocycles. The average molecular weight is 1040 g/mol. The molecular weight excluding hydrogens is 969 g/mol. The molecule has 0 bridgehead atoms. The highest BCUT2D eigenvalue weighted by Crippen LogP contribution is 2.41. The van der Waals surface area contributed by atoms with Crippen LogP contribution in [0, 0.1) is 22.7 Å². The number of benzene rings is 6. The number of amides is 2. The van der Waals surface area contributed by atoms with E-state index >= 15 is 0 Å². The monoisotopic (exact) mass is 1040 g/mol. The Labute approximate surface area is 442 Å². The van der Waals surface area contributed by atoms with Crippen LogP contribution in [-0.4, -0.2) is 102 Å². The van der Waals surface area contributed by atoms with E-state index in [1.54, 1.807) is 0 Å². The van der Waals surface area contributed by atoms with Crippen LogP contribution < -0.4 is 15.1 Å². The highest BCUT2D eigenvalue weighted by molar-refractivity contribution is 9.09. The summed E-state index contributed by atoms with van der Waals surface area (Å²) in [5.41, 5.74) is 6.76. The number of carbonyl (C=O) groups is 2. The Morgan fingerprint density at radius 1 is 0.493 bits per heavy atom. The molecule has 0 radical (unpaired) electrons. The minimum atomic E-state index is -0.508. The molecule has 4 aliphatic heterocycles. The van der Waals surface area contributed by atoms with Crippen molar-refractivity contribution in [1.82, 2.24) is 20.0 Å². The van der Waals surface area contributed by atoms with Crippen molar-refractivity contribution in [1.29, 1.82) is 10.5 Å². The number of piperidine rings is 2. The summed E-state index contributed by atoms with van der Waals surface area (Å²) in [4.78, 5) is 38.1. The maximum absolute atomic E-state index is 13.7. The third-order valence-electron chi connectivity index (χ3n) is 15.3. The van der Waals surface area contributed by atoms with Crippen molar-refractivity contribution in [3.63, 3.8) is 0 Å². The van der Waals surface area contributed by atoms with E-state index in [1.165, 1.54) is 22.3 Å². The number of nitrogens with zero attached hydrogens (tertiary/aromatic N) is 7. The van der Waals surface area contributed by atoms with E-state index in [0.717, 1.165) is 94.5 Å². The first-order valence-corrected chi connectivity index (χ1v) is 27.2. The minimum absolute atomic E-state index is 0.187. The van der Waals surface area contributed by atoms with Crippen LogP contribution in [0.2, 0.25) is 0 Å². The maximum Gasteiger partial charge on any atom is 0.250 e. The molecule has 2 spiro atoms. The van der Waals surface area contributed by atoms with Crippen molar-refractivity contribution in [3.8, 4) is 12.1 Å². The normalized spacial score (nSPS) is 17.1. The zero-order chi connectivity index (χ0) is 50.7. The molecule has 4 fully saturated rings. The van der Waals surface area contributed by atoms with Gasteiger partial charge in [0.15, 0.2) is 0 Å². The molecule has 73 heavy (non-hydrogen) atoms. The Hall–Kier alpha value is -6.76. The van der Waals surface area contributed by atoms with E-state index in [1.807, 2.05) is 47.4 Å². The predicted octanol–water partition coefficient (Wildman–Crippen LogP) is 11.2. The summed E-state index contributed by atoms with van der Waals surface area (Å²) >= 11 is 3.09. The zero-order valence-electron chi connectivity index (χ0n) is 42.0. The van der Waals surface area contributed by atoms with Crippen LogP contribution in [-0.2, 0) is 9.59 Å². The van der Waals surface area contributed by atoms with Crippen LogP contribution in [0.1, 0.15) is 85.5 Å². The lowest BCUT2D eigenvalue weighted by molar-refractivity contribution is -0.133. The number of hydrogen-bond donors (Lipinski definition) is 1. The molecule has 1 N–H and O–H groups in total. The zero-order valence-corrected chi connectivity index (χ0v) is 43.6. The lowest BCUT2D eigenvalue weighted by atomic mass is 9.84. The van der Waals surface area contributed by atoms with Crippen LogP contribution in [0.25, 0.3) is 0 Å². The van der Waals surface area contributed by atoms with Crippen LogP contribution in [0.3, 0.4) is 0 Å². The first-order chi connectivity index (χ1) is 35.9. The molecule has 4 saturated heterocycles. The molecule has 6 aromatic rings. The number of nitrogens with one attached hydrogen (secondary N) is 1. The van der Waals surface area contributed by atoms with Gasteiger partial charge in [0, 0.05) is 67.7 Å². The smallest absolute Gasteiger partial charge is 0.250 e. The van der Waals surface area contributed by atoms with Gasteiger partial charge in [-0.1, -0.05) is 174 Å². The molecule has 11 heteroatoms. The standard InChI is InChI=1S/C31H34N4O.C28H31N3O.C3H4BrN/c32-20-10-21-34-25-35(28-15-8-3-9-16-28)31(30(34)36)18-23-33(24-19-31)22-17-29(26-11-4-1-5-12-26)27-13-6-2-7-14-27;32-27-28(31(22-29-27)25-14-8-3-9-15-25)17-20-30(21-18-28)19-16-26(23-10-4-1-5-11-23)24-12-6-2-7-13-24;4-2-1-3-5/h1-9,11-16,29H,10,17-19,21-25H2;1-15,26H,16-22H2,(H,29,32);1-2H2. The molecule has 376 valence electrons. The Morgan fingerprint density at radius 3 is 1.23 bits per heavy atom. The fourth-order valence-corrected chi connectivity index (χ4v) is 11.5. The number of halogens is 1. The fraction of sp³-hybridized carbons (Fsp3) is 0.355. The van der Waals surface area contributed by atoms with Gasteiger partial charge in [-0.2, -0.15) is 10.5 Å². The van der Waals surface area contributed by atoms with Crippen LogP contribution >= 0.6 is 15.9 Å². The largest absolute Gasteiger partial charge is 0.339 e. The van der Waals surface area contributed by atoms with Crippen LogP contribution in [0.15, 0.2) is 182 Å². The Balaban J connectivity index is 0.000000179. The van der Waals surface area contributed by atoms with Crippen molar-refractivity contribution in [3.05, 3.63) is 204 Å². The topological polar surface area (TPSA) is 110 Å². The van der Waals surface area contributed by atoms with Crippen molar-refractivity contribution in [2.75, 3.05) is 74.3 Å². The quantitative estimate of drug-likeness (QED) is 0.101. The molecule has 0 aromatic heterocycles. The summed E-state index contributed by atoms with van der Waals surface area (Å²) in [5.74, 6) is 1.13. The SMILES string of the molecule is N#CCCBr.N#CCCN1CN(c2ccccc2)C2(CCN(CCC(c3ccccc3)c3ccccc3)CC2)C1=O.O=C1NCN(c2ccccc2)C12CCN(CCC(c1ccccc1)c1ccccc1)CC2. The van der Waals surface area contributed by atoms with E-state index in [9.17, 15) is 9.59 Å². The van der Waals surface area contributed by atoms with Gasteiger partial charge in [-0.05, 0) is 98.1 Å². The summed E-state index contributed by atoms with van der Waals surface area (Å²) in [5, 5.41) is 20.8. The van der Waals surface area contributed by atoms with Crippen molar-refractivity contribution in [2.45, 2.75) is 74.3 Å². The van der Waals surface area contributed by atoms with Gasteiger partial charge in [0.2, 0.25) is 11.8 Å². The number of rotatable bonds is 15. The highest BCUT2D eigenvalue weighted by Gasteiger charge is 2.54. The number of likely N-dealkylation sites (tertiary alicyclic amines) is 2. The van der Waals surface area contributed by atoms with E-state index in [0.29, 0.717) is 44.6 Å². The first kappa shape index (κ1) is 52.6. The third kappa shape index (κ3) is 12.9. The number of nitriles is 2. The summed E-state index contributed by atoms with van der Waals surface area (Å²) in [7, 11) is 0. The van der Waals surface area contributed by atoms with Gasteiger partial charge in [-0.25, -0.2) is 0 Å². The van der Waals surface area contributed by atoms with E-state index < -0.39 is 11.1 Å². The molecular formula is C62H69BrN8O2. The summed E-state index contributed by atoms with van der Waals surface area (Å²) in [6.45, 7) is 7.41. The van der Waals surface area contributed by atoms with Crippen molar-refractivity contribution >= 4 is 39.1 Å². The van der Waals surface area contributed by atoms with E-state index in [-0.39, 0.29) is 11.8 Å². The summed E-state index contributed by atoms with van der Waals surface area (Å²) in [6.07, 6.45) is 6.47. The Bertz CT molecular complexity index is 2610. The minimum Gasteiger partial charge on any atom is -0.339 e. The van der Waals surface area contributed by atoms with Gasteiger partial charge in [-0.15, -0.1) is 0 Å². The van der Waals surface area contributed by atoms with Gasteiger partial charge in [0.05, 0.1) is 31.9 Å². The molecule has 4 aliphatic rings. The van der Waals surface area contributed by atoms with Gasteiger partial charge < -0.3 is 29.8 Å². The second kappa shape index (κ2) is 26.3. The molecule has 6 aromatic carbocycles. The van der Waals surface area contributed by atoms with Gasteiger partial charge in [-0.3, -0.25) is 9.59 Å².